The van der Waals surface area contributed by atoms with Crippen molar-refractivity contribution in [2.24, 2.45) is 0 Å². The first-order valence-electron chi connectivity index (χ1n) is 4.82. The van der Waals surface area contributed by atoms with Gasteiger partial charge in [-0.25, -0.2) is 4.98 Å². The number of halogens is 3. The number of pyridine rings is 1. The molecular formula is C12H6Cl3NO2. The van der Waals surface area contributed by atoms with Crippen LogP contribution in [-0.2, 0) is 0 Å². The second kappa shape index (κ2) is 5.14. The van der Waals surface area contributed by atoms with Crippen molar-refractivity contribution >= 4 is 41.1 Å². The summed E-state index contributed by atoms with van der Waals surface area (Å²) in [6.07, 6.45) is 1.89. The van der Waals surface area contributed by atoms with Crippen LogP contribution in [0.3, 0.4) is 0 Å². The van der Waals surface area contributed by atoms with Crippen LogP contribution in [0, 0.1) is 0 Å². The molecule has 92 valence electrons. The lowest BCUT2D eigenvalue weighted by molar-refractivity contribution is 0.111. The van der Waals surface area contributed by atoms with Gasteiger partial charge in [0.15, 0.2) is 6.29 Å². The highest BCUT2D eigenvalue weighted by molar-refractivity contribution is 6.49. The summed E-state index contributed by atoms with van der Waals surface area (Å²) >= 11 is 17.8. The third-order valence-corrected chi connectivity index (χ3v) is 3.65. The lowest BCUT2D eigenvalue weighted by Crippen LogP contribution is -1.89. The van der Waals surface area contributed by atoms with Crippen LogP contribution >= 0.6 is 34.8 Å². The second-order valence-electron chi connectivity index (χ2n) is 3.47. The molecule has 3 nitrogen and oxygen atoms in total. The lowest BCUT2D eigenvalue weighted by Gasteiger charge is -2.08. The van der Waals surface area contributed by atoms with Gasteiger partial charge in [-0.3, -0.25) is 4.79 Å². The van der Waals surface area contributed by atoms with E-state index in [9.17, 15) is 9.90 Å². The van der Waals surface area contributed by atoms with E-state index in [0.29, 0.717) is 22.4 Å². The Hall–Kier alpha value is -1.29. The van der Waals surface area contributed by atoms with Crippen molar-refractivity contribution in [2.75, 3.05) is 0 Å². The molecule has 0 amide bonds. The van der Waals surface area contributed by atoms with Crippen LogP contribution in [-0.4, -0.2) is 16.4 Å². The third-order valence-electron chi connectivity index (χ3n) is 2.36. The average molecular weight is 303 g/mol. The first kappa shape index (κ1) is 13.1. The molecular weight excluding hydrogens is 296 g/mol. The number of aldehydes is 1. The number of hydrogen-bond donors (Lipinski definition) is 1. The fraction of sp³-hybridized carbons (Fsp3) is 0. The molecule has 0 unspecified atom stereocenters. The molecule has 0 radical (unpaired) electrons. The SMILES string of the molecule is O=Cc1ncc(-c2ccc(Cl)c(Cl)c2Cl)cc1O. The van der Waals surface area contributed by atoms with Crippen molar-refractivity contribution in [2.45, 2.75) is 0 Å². The molecule has 0 aliphatic rings. The van der Waals surface area contributed by atoms with E-state index in [1.54, 1.807) is 12.1 Å². The van der Waals surface area contributed by atoms with Gasteiger partial charge in [0.25, 0.3) is 0 Å². The maximum atomic E-state index is 10.6. The van der Waals surface area contributed by atoms with E-state index in [4.69, 9.17) is 34.8 Å². The maximum Gasteiger partial charge on any atom is 0.172 e. The van der Waals surface area contributed by atoms with Crippen LogP contribution in [0.2, 0.25) is 15.1 Å². The summed E-state index contributed by atoms with van der Waals surface area (Å²) in [7, 11) is 0. The Bertz CT molecular complexity index is 629. The summed E-state index contributed by atoms with van der Waals surface area (Å²) in [5, 5.41) is 10.4. The zero-order valence-corrected chi connectivity index (χ0v) is 11.1. The number of carbonyl (C=O) groups excluding carboxylic acids is 1. The monoisotopic (exact) mass is 301 g/mol. The highest BCUT2D eigenvalue weighted by atomic mass is 35.5. The zero-order valence-electron chi connectivity index (χ0n) is 8.82. The number of hydrogen-bond acceptors (Lipinski definition) is 3. The molecule has 1 N–H and O–H groups in total. The van der Waals surface area contributed by atoms with Gasteiger partial charge in [0, 0.05) is 17.3 Å². The van der Waals surface area contributed by atoms with Crippen LogP contribution in [0.25, 0.3) is 11.1 Å². The lowest BCUT2D eigenvalue weighted by atomic mass is 10.1. The molecule has 0 atom stereocenters. The topological polar surface area (TPSA) is 50.2 Å². The highest BCUT2D eigenvalue weighted by Crippen LogP contribution is 2.38. The van der Waals surface area contributed by atoms with Gasteiger partial charge in [0.1, 0.15) is 11.4 Å². The zero-order chi connectivity index (χ0) is 13.3. The Morgan fingerprint density at radius 2 is 1.89 bits per heavy atom. The highest BCUT2D eigenvalue weighted by Gasteiger charge is 2.12. The Labute approximate surface area is 118 Å². The van der Waals surface area contributed by atoms with E-state index < -0.39 is 0 Å². The second-order valence-corrected chi connectivity index (χ2v) is 4.63. The number of carbonyl (C=O) groups is 1. The minimum atomic E-state index is -0.218. The van der Waals surface area contributed by atoms with Gasteiger partial charge in [-0.15, -0.1) is 0 Å². The predicted molar refractivity (Wildman–Crippen MR) is 71.8 cm³/mol. The smallest absolute Gasteiger partial charge is 0.172 e. The van der Waals surface area contributed by atoms with Crippen molar-refractivity contribution in [1.82, 2.24) is 4.98 Å². The number of rotatable bonds is 2. The van der Waals surface area contributed by atoms with Gasteiger partial charge in [-0.2, -0.15) is 0 Å². The molecule has 0 aliphatic carbocycles. The van der Waals surface area contributed by atoms with Gasteiger partial charge in [0.05, 0.1) is 15.1 Å². The van der Waals surface area contributed by atoms with Gasteiger partial charge in [-0.05, 0) is 12.1 Å². The number of aromatic nitrogens is 1. The van der Waals surface area contributed by atoms with Gasteiger partial charge in [-0.1, -0.05) is 40.9 Å². The third kappa shape index (κ3) is 2.29. The summed E-state index contributed by atoms with van der Waals surface area (Å²) in [5.41, 5.74) is 1.09. The van der Waals surface area contributed by atoms with E-state index in [-0.39, 0.29) is 21.5 Å². The van der Waals surface area contributed by atoms with Gasteiger partial charge < -0.3 is 5.11 Å². The molecule has 0 spiro atoms. The molecule has 2 rings (SSSR count). The molecule has 1 aromatic heterocycles. The van der Waals surface area contributed by atoms with Crippen molar-refractivity contribution in [3.05, 3.63) is 45.2 Å². The van der Waals surface area contributed by atoms with Crippen molar-refractivity contribution in [3.63, 3.8) is 0 Å². The summed E-state index contributed by atoms with van der Waals surface area (Å²) in [6, 6.07) is 4.64. The molecule has 1 aromatic carbocycles. The van der Waals surface area contributed by atoms with E-state index in [2.05, 4.69) is 4.98 Å². The number of aromatic hydroxyl groups is 1. The Balaban J connectivity index is 2.59. The fourth-order valence-electron chi connectivity index (χ4n) is 1.45. The van der Waals surface area contributed by atoms with Crippen molar-refractivity contribution in [3.8, 4) is 16.9 Å². The van der Waals surface area contributed by atoms with Crippen LogP contribution in [0.1, 0.15) is 10.5 Å². The van der Waals surface area contributed by atoms with E-state index in [1.807, 2.05) is 0 Å². The van der Waals surface area contributed by atoms with Crippen molar-refractivity contribution in [1.29, 1.82) is 0 Å². The Kier molecular flexibility index (Phi) is 3.76. The molecule has 6 heteroatoms. The number of nitrogens with zero attached hydrogens (tertiary/aromatic N) is 1. The molecule has 0 aliphatic heterocycles. The average Bonchev–Trinajstić information content (AvgIpc) is 2.36. The first-order valence-corrected chi connectivity index (χ1v) is 5.96. The summed E-state index contributed by atoms with van der Waals surface area (Å²) in [6.45, 7) is 0. The Morgan fingerprint density at radius 1 is 1.17 bits per heavy atom. The molecule has 0 saturated heterocycles. The quantitative estimate of drug-likeness (QED) is 0.667. The minimum absolute atomic E-state index is 0.0325. The van der Waals surface area contributed by atoms with Crippen LogP contribution in [0.15, 0.2) is 24.4 Å². The number of benzene rings is 1. The minimum Gasteiger partial charge on any atom is -0.506 e. The molecule has 1 heterocycles. The van der Waals surface area contributed by atoms with E-state index in [1.165, 1.54) is 12.3 Å². The Morgan fingerprint density at radius 3 is 2.50 bits per heavy atom. The predicted octanol–water partition coefficient (Wildman–Crippen LogP) is 4.23. The van der Waals surface area contributed by atoms with Crippen LogP contribution in [0.5, 0.6) is 5.75 Å². The largest absolute Gasteiger partial charge is 0.506 e. The summed E-state index contributed by atoms with van der Waals surface area (Å²) < 4.78 is 0. The summed E-state index contributed by atoms with van der Waals surface area (Å²) in [5.74, 6) is -0.218. The van der Waals surface area contributed by atoms with Gasteiger partial charge in [0.2, 0.25) is 0 Å². The van der Waals surface area contributed by atoms with Crippen LogP contribution < -0.4 is 0 Å². The molecule has 18 heavy (non-hydrogen) atoms. The van der Waals surface area contributed by atoms with E-state index in [0.717, 1.165) is 0 Å². The summed E-state index contributed by atoms with van der Waals surface area (Å²) in [4.78, 5) is 14.4. The van der Waals surface area contributed by atoms with Crippen LogP contribution in [0.4, 0.5) is 0 Å². The maximum absolute atomic E-state index is 10.6. The fourth-order valence-corrected chi connectivity index (χ4v) is 2.10. The van der Waals surface area contributed by atoms with Crippen molar-refractivity contribution < 1.29 is 9.90 Å². The molecule has 0 saturated carbocycles. The standard InChI is InChI=1S/C12H6Cl3NO2/c13-8-2-1-7(11(14)12(8)15)6-3-10(18)9(5-17)16-4-6/h1-5,18H. The molecule has 0 bridgehead atoms. The van der Waals surface area contributed by atoms with Gasteiger partial charge >= 0.3 is 0 Å². The first-order chi connectivity index (χ1) is 8.54. The molecule has 2 aromatic rings. The van der Waals surface area contributed by atoms with E-state index >= 15 is 0 Å². The molecule has 0 fully saturated rings. The normalized spacial score (nSPS) is 10.4.